The van der Waals surface area contributed by atoms with Crippen molar-refractivity contribution in [2.45, 2.75) is 12.6 Å². The number of hydrogen-bond donors (Lipinski definition) is 1. The van der Waals surface area contributed by atoms with E-state index in [0.717, 1.165) is 12.1 Å². The van der Waals surface area contributed by atoms with Gasteiger partial charge in [0.25, 0.3) is 6.43 Å². The van der Waals surface area contributed by atoms with Crippen molar-refractivity contribution in [3.05, 3.63) is 48.3 Å². The summed E-state index contributed by atoms with van der Waals surface area (Å²) in [7, 11) is 0. The topological polar surface area (TPSA) is 37.9 Å². The molecule has 0 radical (unpaired) electrons. The first-order valence-electron chi connectivity index (χ1n) is 6.90. The average Bonchev–Trinajstić information content (AvgIpc) is 2.95. The molecular weight excluding hydrogens is 331 g/mol. The number of nitrogens with zero attached hydrogens (tertiary/aromatic N) is 1. The van der Waals surface area contributed by atoms with Crippen molar-refractivity contribution in [2.75, 3.05) is 6.61 Å². The van der Waals surface area contributed by atoms with Gasteiger partial charge in [-0.1, -0.05) is 0 Å². The number of halogens is 5. The SMILES string of the molecule is FC(F)COc1cnccc1-c1cc2cc(C(F)(F)F)ccc2[nH]1. The molecule has 126 valence electrons. The Bertz CT molecular complexity index is 857. The summed E-state index contributed by atoms with van der Waals surface area (Å²) in [4.78, 5) is 6.77. The molecule has 8 heteroatoms. The fourth-order valence-electron chi connectivity index (χ4n) is 2.32. The van der Waals surface area contributed by atoms with Crippen LogP contribution in [0.2, 0.25) is 0 Å². The molecule has 0 aliphatic rings. The molecule has 0 atom stereocenters. The largest absolute Gasteiger partial charge is 0.485 e. The van der Waals surface area contributed by atoms with Gasteiger partial charge in [-0.05, 0) is 30.3 Å². The molecule has 3 nitrogen and oxygen atoms in total. The van der Waals surface area contributed by atoms with Crippen molar-refractivity contribution in [3.8, 4) is 17.0 Å². The Labute approximate surface area is 133 Å². The Hall–Kier alpha value is -2.64. The maximum Gasteiger partial charge on any atom is 0.416 e. The van der Waals surface area contributed by atoms with Crippen LogP contribution in [0.3, 0.4) is 0 Å². The lowest BCUT2D eigenvalue weighted by molar-refractivity contribution is -0.137. The third-order valence-corrected chi connectivity index (χ3v) is 3.39. The minimum Gasteiger partial charge on any atom is -0.485 e. The summed E-state index contributed by atoms with van der Waals surface area (Å²) < 4.78 is 68.0. The van der Waals surface area contributed by atoms with Crippen molar-refractivity contribution in [2.24, 2.45) is 0 Å². The quantitative estimate of drug-likeness (QED) is 0.686. The fourth-order valence-corrected chi connectivity index (χ4v) is 2.32. The Morgan fingerprint density at radius 2 is 1.92 bits per heavy atom. The average molecular weight is 342 g/mol. The summed E-state index contributed by atoms with van der Waals surface area (Å²) in [6, 6.07) is 6.37. The van der Waals surface area contributed by atoms with Gasteiger partial charge in [-0.25, -0.2) is 8.78 Å². The van der Waals surface area contributed by atoms with Crippen LogP contribution < -0.4 is 4.74 Å². The highest BCUT2D eigenvalue weighted by Gasteiger charge is 2.30. The predicted molar refractivity (Wildman–Crippen MR) is 78.0 cm³/mol. The maximum atomic E-state index is 12.8. The fraction of sp³-hybridized carbons (Fsp3) is 0.188. The number of ether oxygens (including phenoxy) is 1. The number of hydrogen-bond acceptors (Lipinski definition) is 2. The van der Waals surface area contributed by atoms with Crippen molar-refractivity contribution in [3.63, 3.8) is 0 Å². The summed E-state index contributed by atoms with van der Waals surface area (Å²) in [5.74, 6) is 0.125. The molecule has 1 aromatic carbocycles. The maximum absolute atomic E-state index is 12.8. The van der Waals surface area contributed by atoms with Crippen LogP contribution >= 0.6 is 0 Å². The van der Waals surface area contributed by atoms with Gasteiger partial charge in [0.2, 0.25) is 0 Å². The van der Waals surface area contributed by atoms with Gasteiger partial charge in [-0.2, -0.15) is 13.2 Å². The number of pyridine rings is 1. The van der Waals surface area contributed by atoms with E-state index in [4.69, 9.17) is 4.74 Å². The van der Waals surface area contributed by atoms with E-state index in [1.165, 1.54) is 30.6 Å². The van der Waals surface area contributed by atoms with Gasteiger partial charge in [-0.3, -0.25) is 4.98 Å². The first kappa shape index (κ1) is 16.2. The Kier molecular flexibility index (Phi) is 4.13. The Morgan fingerprint density at radius 1 is 1.12 bits per heavy atom. The highest BCUT2D eigenvalue weighted by molar-refractivity contribution is 5.87. The van der Waals surface area contributed by atoms with Crippen LogP contribution in [-0.2, 0) is 6.18 Å². The second-order valence-electron chi connectivity index (χ2n) is 5.06. The third-order valence-electron chi connectivity index (χ3n) is 3.39. The van der Waals surface area contributed by atoms with E-state index in [9.17, 15) is 22.0 Å². The number of alkyl halides is 5. The standard InChI is InChI=1S/C16H11F5N2O/c17-15(18)8-24-14-7-22-4-3-11(14)13-6-9-5-10(16(19,20)21)1-2-12(9)23-13/h1-7,15,23H,8H2. The number of nitrogens with one attached hydrogen (secondary N) is 1. The smallest absolute Gasteiger partial charge is 0.416 e. The van der Waals surface area contributed by atoms with Crippen LogP contribution in [0.5, 0.6) is 5.75 Å². The molecule has 2 heterocycles. The number of benzene rings is 1. The zero-order chi connectivity index (χ0) is 17.3. The van der Waals surface area contributed by atoms with Crippen molar-refractivity contribution in [1.29, 1.82) is 0 Å². The van der Waals surface area contributed by atoms with E-state index in [-0.39, 0.29) is 5.75 Å². The Morgan fingerprint density at radius 3 is 2.62 bits per heavy atom. The third kappa shape index (κ3) is 3.32. The number of rotatable bonds is 4. The second kappa shape index (κ2) is 6.10. The monoisotopic (exact) mass is 342 g/mol. The molecule has 2 aromatic heterocycles. The Balaban J connectivity index is 2.01. The molecule has 0 saturated heterocycles. The summed E-state index contributed by atoms with van der Waals surface area (Å²) in [5, 5.41) is 0.358. The van der Waals surface area contributed by atoms with Crippen LogP contribution in [0.15, 0.2) is 42.7 Å². The van der Waals surface area contributed by atoms with E-state index >= 15 is 0 Å². The summed E-state index contributed by atoms with van der Waals surface area (Å²) >= 11 is 0. The van der Waals surface area contributed by atoms with Gasteiger partial charge in [0.05, 0.1) is 17.5 Å². The summed E-state index contributed by atoms with van der Waals surface area (Å²) in [6.45, 7) is -0.795. The number of fused-ring (bicyclic) bond motifs is 1. The zero-order valence-electron chi connectivity index (χ0n) is 12.1. The highest BCUT2D eigenvalue weighted by Crippen LogP contribution is 2.35. The minimum absolute atomic E-state index is 0.125. The lowest BCUT2D eigenvalue weighted by atomic mass is 10.1. The lowest BCUT2D eigenvalue weighted by Crippen LogP contribution is -2.07. The van der Waals surface area contributed by atoms with Crippen molar-refractivity contribution >= 4 is 10.9 Å². The molecule has 3 aromatic rings. The van der Waals surface area contributed by atoms with E-state index in [0.29, 0.717) is 22.2 Å². The van der Waals surface area contributed by atoms with Crippen LogP contribution in [0, 0.1) is 0 Å². The normalized spacial score (nSPS) is 12.1. The van der Waals surface area contributed by atoms with Gasteiger partial charge in [0.1, 0.15) is 12.4 Å². The molecule has 0 amide bonds. The molecule has 24 heavy (non-hydrogen) atoms. The molecular formula is C16H11F5N2O. The first-order chi connectivity index (χ1) is 11.3. The van der Waals surface area contributed by atoms with Gasteiger partial charge in [0.15, 0.2) is 0 Å². The van der Waals surface area contributed by atoms with Gasteiger partial charge in [0, 0.05) is 22.7 Å². The molecule has 3 rings (SSSR count). The molecule has 1 N–H and O–H groups in total. The van der Waals surface area contributed by atoms with Crippen molar-refractivity contribution < 1.29 is 26.7 Å². The van der Waals surface area contributed by atoms with Crippen LogP contribution in [0.1, 0.15) is 5.56 Å². The molecule has 0 aliphatic heterocycles. The summed E-state index contributed by atoms with van der Waals surface area (Å²) in [6.07, 6.45) is -4.36. The molecule has 0 fully saturated rings. The van der Waals surface area contributed by atoms with E-state index in [2.05, 4.69) is 9.97 Å². The molecule has 0 saturated carbocycles. The van der Waals surface area contributed by atoms with Crippen LogP contribution in [0.25, 0.3) is 22.2 Å². The molecule has 0 bridgehead atoms. The van der Waals surface area contributed by atoms with Crippen LogP contribution in [-0.4, -0.2) is 23.0 Å². The number of aromatic amines is 1. The summed E-state index contributed by atoms with van der Waals surface area (Å²) in [5.41, 5.74) is 0.630. The predicted octanol–water partition coefficient (Wildman–Crippen LogP) is 4.89. The van der Waals surface area contributed by atoms with Crippen LogP contribution in [0.4, 0.5) is 22.0 Å². The second-order valence-corrected chi connectivity index (χ2v) is 5.06. The van der Waals surface area contributed by atoms with E-state index in [1.807, 2.05) is 0 Å². The molecule has 0 aliphatic carbocycles. The van der Waals surface area contributed by atoms with Gasteiger partial charge >= 0.3 is 6.18 Å². The molecule has 0 spiro atoms. The number of aromatic nitrogens is 2. The van der Waals surface area contributed by atoms with E-state index < -0.39 is 24.8 Å². The first-order valence-corrected chi connectivity index (χ1v) is 6.90. The lowest BCUT2D eigenvalue weighted by Gasteiger charge is -2.09. The van der Waals surface area contributed by atoms with Crippen molar-refractivity contribution in [1.82, 2.24) is 9.97 Å². The zero-order valence-corrected chi connectivity index (χ0v) is 12.1. The van der Waals surface area contributed by atoms with Gasteiger partial charge in [-0.15, -0.1) is 0 Å². The molecule has 0 unspecified atom stereocenters. The van der Waals surface area contributed by atoms with Gasteiger partial charge < -0.3 is 9.72 Å². The minimum atomic E-state index is -4.44. The number of H-pyrrole nitrogens is 1. The highest BCUT2D eigenvalue weighted by atomic mass is 19.4. The van der Waals surface area contributed by atoms with E-state index in [1.54, 1.807) is 0 Å².